The molecule has 1 atom stereocenters. The highest BCUT2D eigenvalue weighted by atomic mass is 35.5. The van der Waals surface area contributed by atoms with Crippen LogP contribution in [0.2, 0.25) is 10.0 Å². The molecule has 0 heterocycles. The van der Waals surface area contributed by atoms with Gasteiger partial charge in [-0.2, -0.15) is 0 Å². The lowest BCUT2D eigenvalue weighted by molar-refractivity contribution is 0.449. The molecule has 0 fully saturated rings. The molecule has 106 valence electrons. The van der Waals surface area contributed by atoms with Crippen LogP contribution in [0.25, 0.3) is 0 Å². The van der Waals surface area contributed by atoms with Crippen LogP contribution in [0.3, 0.4) is 0 Å². The molecule has 20 heavy (non-hydrogen) atoms. The quantitative estimate of drug-likeness (QED) is 0.795. The van der Waals surface area contributed by atoms with E-state index in [1.54, 1.807) is 0 Å². The van der Waals surface area contributed by atoms with Gasteiger partial charge in [0, 0.05) is 10.6 Å². The van der Waals surface area contributed by atoms with Gasteiger partial charge in [-0.05, 0) is 43.0 Å². The molecule has 0 saturated heterocycles. The number of halogens is 3. The highest BCUT2D eigenvalue weighted by Gasteiger charge is 2.25. The van der Waals surface area contributed by atoms with E-state index >= 15 is 0 Å². The highest BCUT2D eigenvalue weighted by molar-refractivity contribution is 6.35. The molecule has 0 spiro atoms. The molecule has 0 aliphatic carbocycles. The predicted octanol–water partition coefficient (Wildman–Crippen LogP) is 4.94. The van der Waals surface area contributed by atoms with Crippen LogP contribution in [0, 0.1) is 5.82 Å². The van der Waals surface area contributed by atoms with Crippen molar-refractivity contribution in [2.75, 3.05) is 0 Å². The van der Waals surface area contributed by atoms with Gasteiger partial charge in [0.25, 0.3) is 0 Å². The maximum Gasteiger partial charge on any atom is 0.142 e. The first-order valence-corrected chi connectivity index (χ1v) is 7.13. The van der Waals surface area contributed by atoms with Gasteiger partial charge in [0.15, 0.2) is 0 Å². The first-order valence-electron chi connectivity index (χ1n) is 6.38. The molecule has 0 amide bonds. The van der Waals surface area contributed by atoms with Crippen molar-refractivity contribution in [2.45, 2.75) is 25.3 Å². The lowest BCUT2D eigenvalue weighted by Gasteiger charge is -2.26. The zero-order chi connectivity index (χ0) is 14.8. The van der Waals surface area contributed by atoms with Crippen LogP contribution in [0.1, 0.15) is 24.5 Å². The van der Waals surface area contributed by atoms with Crippen molar-refractivity contribution < 1.29 is 4.39 Å². The monoisotopic (exact) mass is 311 g/mol. The average molecular weight is 312 g/mol. The SMILES string of the molecule is CC(N)(CCc1ccccc1)c1cc(F)c(Cl)cc1Cl. The Hall–Kier alpha value is -1.09. The van der Waals surface area contributed by atoms with Gasteiger partial charge in [-0.3, -0.25) is 0 Å². The van der Waals surface area contributed by atoms with Crippen LogP contribution in [-0.2, 0) is 12.0 Å². The number of nitrogens with two attached hydrogens (primary N) is 1. The summed E-state index contributed by atoms with van der Waals surface area (Å²) < 4.78 is 13.6. The van der Waals surface area contributed by atoms with Gasteiger partial charge in [0.2, 0.25) is 0 Å². The van der Waals surface area contributed by atoms with Crippen molar-refractivity contribution in [1.82, 2.24) is 0 Å². The Morgan fingerprint density at radius 3 is 2.40 bits per heavy atom. The van der Waals surface area contributed by atoms with Crippen molar-refractivity contribution in [3.8, 4) is 0 Å². The van der Waals surface area contributed by atoms with Gasteiger partial charge < -0.3 is 5.73 Å². The van der Waals surface area contributed by atoms with Crippen LogP contribution < -0.4 is 5.73 Å². The van der Waals surface area contributed by atoms with E-state index in [2.05, 4.69) is 0 Å². The topological polar surface area (TPSA) is 26.0 Å². The number of rotatable bonds is 4. The summed E-state index contributed by atoms with van der Waals surface area (Å²) in [5.74, 6) is -0.498. The average Bonchev–Trinajstić information content (AvgIpc) is 2.42. The Kier molecular flexibility index (Phi) is 4.69. The van der Waals surface area contributed by atoms with Crippen molar-refractivity contribution >= 4 is 23.2 Å². The molecule has 2 N–H and O–H groups in total. The van der Waals surface area contributed by atoms with Crippen molar-refractivity contribution in [3.05, 3.63) is 69.5 Å². The zero-order valence-electron chi connectivity index (χ0n) is 11.2. The molecule has 1 nitrogen and oxygen atoms in total. The minimum Gasteiger partial charge on any atom is -0.322 e. The van der Waals surface area contributed by atoms with Gasteiger partial charge in [0.05, 0.1) is 5.02 Å². The lowest BCUT2D eigenvalue weighted by atomic mass is 9.87. The summed E-state index contributed by atoms with van der Waals surface area (Å²) in [6, 6.07) is 12.8. The van der Waals surface area contributed by atoms with Crippen LogP contribution >= 0.6 is 23.2 Å². The second kappa shape index (κ2) is 6.13. The third kappa shape index (κ3) is 3.51. The molecule has 2 aromatic rings. The van der Waals surface area contributed by atoms with Gasteiger partial charge in [-0.25, -0.2) is 4.39 Å². The third-order valence-corrected chi connectivity index (χ3v) is 4.00. The third-order valence-electron chi connectivity index (χ3n) is 3.40. The Labute approximate surface area is 128 Å². The molecular weight excluding hydrogens is 296 g/mol. The van der Waals surface area contributed by atoms with Gasteiger partial charge in [-0.15, -0.1) is 0 Å². The fraction of sp³-hybridized carbons (Fsp3) is 0.250. The van der Waals surface area contributed by atoms with Gasteiger partial charge in [0.1, 0.15) is 5.82 Å². The first-order chi connectivity index (χ1) is 9.40. The lowest BCUT2D eigenvalue weighted by Crippen LogP contribution is -2.34. The van der Waals surface area contributed by atoms with Gasteiger partial charge >= 0.3 is 0 Å². The molecule has 0 aromatic heterocycles. The Balaban J connectivity index is 2.20. The maximum atomic E-state index is 13.6. The summed E-state index contributed by atoms with van der Waals surface area (Å²) in [5.41, 5.74) is 7.37. The first kappa shape index (κ1) is 15.3. The molecule has 0 saturated carbocycles. The number of hydrogen-bond donors (Lipinski definition) is 1. The summed E-state index contributed by atoms with van der Waals surface area (Å²) in [6.07, 6.45) is 1.46. The maximum absolute atomic E-state index is 13.6. The summed E-state index contributed by atoms with van der Waals surface area (Å²) in [6.45, 7) is 1.85. The predicted molar refractivity (Wildman–Crippen MR) is 82.7 cm³/mol. The van der Waals surface area contributed by atoms with Crippen LogP contribution in [-0.4, -0.2) is 0 Å². The second-order valence-corrected chi connectivity index (χ2v) is 5.96. The largest absolute Gasteiger partial charge is 0.322 e. The summed E-state index contributed by atoms with van der Waals surface area (Å²) in [4.78, 5) is 0. The highest BCUT2D eigenvalue weighted by Crippen LogP contribution is 2.33. The molecule has 0 bridgehead atoms. The fourth-order valence-electron chi connectivity index (χ4n) is 2.14. The van der Waals surface area contributed by atoms with Gasteiger partial charge in [-0.1, -0.05) is 53.5 Å². The van der Waals surface area contributed by atoms with E-state index in [9.17, 15) is 4.39 Å². The Bertz CT molecular complexity index is 597. The minimum absolute atomic E-state index is 0.0117. The zero-order valence-corrected chi connectivity index (χ0v) is 12.7. The number of benzene rings is 2. The van der Waals surface area contributed by atoms with Crippen molar-refractivity contribution in [2.24, 2.45) is 5.73 Å². The van der Waals surface area contributed by atoms with Crippen molar-refractivity contribution in [3.63, 3.8) is 0 Å². The van der Waals surface area contributed by atoms with E-state index in [0.717, 1.165) is 6.42 Å². The molecule has 2 rings (SSSR count). The second-order valence-electron chi connectivity index (χ2n) is 5.15. The van der Waals surface area contributed by atoms with E-state index in [4.69, 9.17) is 28.9 Å². The molecule has 4 heteroatoms. The molecule has 0 aliphatic rings. The van der Waals surface area contributed by atoms with Crippen LogP contribution in [0.15, 0.2) is 42.5 Å². The molecular formula is C16H16Cl2FN. The van der Waals surface area contributed by atoms with E-state index in [1.807, 2.05) is 37.3 Å². The van der Waals surface area contributed by atoms with E-state index in [1.165, 1.54) is 17.7 Å². The van der Waals surface area contributed by atoms with E-state index in [0.29, 0.717) is 17.0 Å². The molecule has 1 unspecified atom stereocenters. The minimum atomic E-state index is -0.710. The number of hydrogen-bond acceptors (Lipinski definition) is 1. The van der Waals surface area contributed by atoms with Crippen molar-refractivity contribution in [1.29, 1.82) is 0 Å². The van der Waals surface area contributed by atoms with E-state index < -0.39 is 11.4 Å². The molecule has 0 radical (unpaired) electrons. The number of aryl methyl sites for hydroxylation is 1. The Morgan fingerprint density at radius 1 is 1.10 bits per heavy atom. The Morgan fingerprint density at radius 2 is 1.75 bits per heavy atom. The smallest absolute Gasteiger partial charge is 0.142 e. The summed E-state index contributed by atoms with van der Waals surface area (Å²) in [5, 5.41) is 0.409. The molecule has 2 aromatic carbocycles. The summed E-state index contributed by atoms with van der Waals surface area (Å²) >= 11 is 11.8. The van der Waals surface area contributed by atoms with E-state index in [-0.39, 0.29) is 5.02 Å². The van der Waals surface area contributed by atoms with Crippen LogP contribution in [0.5, 0.6) is 0 Å². The normalized spacial score (nSPS) is 14.1. The standard InChI is InChI=1S/C16H16Cl2FN/c1-16(20,8-7-11-5-3-2-4-6-11)12-9-15(19)14(18)10-13(12)17/h2-6,9-10H,7-8,20H2,1H3. The summed E-state index contributed by atoms with van der Waals surface area (Å²) in [7, 11) is 0. The molecule has 0 aliphatic heterocycles. The fourth-order valence-corrected chi connectivity index (χ4v) is 2.74. The van der Waals surface area contributed by atoms with Crippen LogP contribution in [0.4, 0.5) is 4.39 Å².